The van der Waals surface area contributed by atoms with Crippen molar-refractivity contribution in [3.63, 3.8) is 0 Å². The summed E-state index contributed by atoms with van der Waals surface area (Å²) in [6, 6.07) is 5.86. The molecule has 2 nitrogen and oxygen atoms in total. The number of carbonyl (C=O) groups is 1. The van der Waals surface area contributed by atoms with Crippen molar-refractivity contribution in [3.8, 4) is 0 Å². The molecule has 0 saturated heterocycles. The summed E-state index contributed by atoms with van der Waals surface area (Å²) < 4.78 is 0. The monoisotopic (exact) mass is 218 g/mol. The van der Waals surface area contributed by atoms with Crippen LogP contribution in [0.1, 0.15) is 59.5 Å². The van der Waals surface area contributed by atoms with Gasteiger partial charge in [0.15, 0.2) is 0 Å². The molecule has 1 N–H and O–H groups in total. The Kier molecular flexibility index (Phi) is 3.28. The van der Waals surface area contributed by atoms with Crippen LogP contribution in [0.25, 0.3) is 0 Å². The van der Waals surface area contributed by atoms with Crippen molar-refractivity contribution < 1.29 is 9.90 Å². The molecular weight excluding hydrogens is 200 g/mol. The van der Waals surface area contributed by atoms with E-state index in [1.54, 1.807) is 0 Å². The first-order valence-electron chi connectivity index (χ1n) is 6.03. The van der Waals surface area contributed by atoms with Gasteiger partial charge in [-0.3, -0.25) is 0 Å². The fraction of sp³-hybridized carbons (Fsp3) is 0.500. The van der Waals surface area contributed by atoms with Gasteiger partial charge in [0.25, 0.3) is 0 Å². The zero-order valence-electron chi connectivity index (χ0n) is 9.70. The van der Waals surface area contributed by atoms with Gasteiger partial charge in [0.1, 0.15) is 0 Å². The van der Waals surface area contributed by atoms with Crippen LogP contribution in [0.15, 0.2) is 18.2 Å². The zero-order valence-corrected chi connectivity index (χ0v) is 9.70. The first kappa shape index (κ1) is 11.2. The van der Waals surface area contributed by atoms with Crippen molar-refractivity contribution in [1.29, 1.82) is 0 Å². The lowest BCUT2D eigenvalue weighted by molar-refractivity contribution is 0.0694. The molecule has 86 valence electrons. The van der Waals surface area contributed by atoms with Gasteiger partial charge in [-0.1, -0.05) is 37.5 Å². The third-order valence-electron chi connectivity index (χ3n) is 3.56. The van der Waals surface area contributed by atoms with Crippen LogP contribution in [0.5, 0.6) is 0 Å². The predicted octanol–water partition coefficient (Wildman–Crippen LogP) is 3.74. The normalized spacial score (nSPS) is 17.3. The molecule has 16 heavy (non-hydrogen) atoms. The lowest BCUT2D eigenvalue weighted by Crippen LogP contribution is -2.12. The molecule has 0 bridgehead atoms. The summed E-state index contributed by atoms with van der Waals surface area (Å²) >= 11 is 0. The Bertz CT molecular complexity index is 390. The first-order valence-corrected chi connectivity index (χ1v) is 6.03. The number of aryl methyl sites for hydroxylation is 1. The molecule has 0 aliphatic heterocycles. The summed E-state index contributed by atoms with van der Waals surface area (Å²) in [5, 5.41) is 9.28. The van der Waals surface area contributed by atoms with Crippen LogP contribution in [0.2, 0.25) is 0 Å². The first-order chi connectivity index (χ1) is 7.70. The van der Waals surface area contributed by atoms with Crippen molar-refractivity contribution >= 4 is 5.97 Å². The van der Waals surface area contributed by atoms with E-state index in [0.717, 1.165) is 24.0 Å². The lowest BCUT2D eigenvalue weighted by atomic mass is 9.81. The van der Waals surface area contributed by atoms with E-state index < -0.39 is 5.97 Å². The summed E-state index contributed by atoms with van der Waals surface area (Å²) in [7, 11) is 0. The topological polar surface area (TPSA) is 37.3 Å². The molecule has 2 rings (SSSR count). The van der Waals surface area contributed by atoms with Gasteiger partial charge < -0.3 is 5.11 Å². The molecule has 1 fully saturated rings. The number of hydrogen-bond donors (Lipinski definition) is 1. The SMILES string of the molecule is Cc1cccc(C2CCCCC2)c1C(=O)O. The Hall–Kier alpha value is -1.31. The molecule has 1 aliphatic carbocycles. The fourth-order valence-corrected chi connectivity index (χ4v) is 2.74. The average molecular weight is 218 g/mol. The van der Waals surface area contributed by atoms with Gasteiger partial charge in [0.2, 0.25) is 0 Å². The van der Waals surface area contributed by atoms with E-state index in [-0.39, 0.29) is 0 Å². The highest BCUT2D eigenvalue weighted by Crippen LogP contribution is 2.35. The summed E-state index contributed by atoms with van der Waals surface area (Å²) in [6.07, 6.45) is 6.05. The van der Waals surface area contributed by atoms with Crippen molar-refractivity contribution in [2.75, 3.05) is 0 Å². The van der Waals surface area contributed by atoms with Gasteiger partial charge in [0.05, 0.1) is 5.56 Å². The van der Waals surface area contributed by atoms with E-state index in [0.29, 0.717) is 11.5 Å². The van der Waals surface area contributed by atoms with Gasteiger partial charge in [-0.25, -0.2) is 4.79 Å². The molecular formula is C14H18O2. The van der Waals surface area contributed by atoms with Gasteiger partial charge in [-0.2, -0.15) is 0 Å². The average Bonchev–Trinajstić information content (AvgIpc) is 2.29. The molecule has 1 aromatic carbocycles. The highest BCUT2D eigenvalue weighted by Gasteiger charge is 2.22. The Morgan fingerprint density at radius 2 is 1.94 bits per heavy atom. The maximum atomic E-state index is 11.3. The van der Waals surface area contributed by atoms with Gasteiger partial charge in [0, 0.05) is 0 Å². The molecule has 0 spiro atoms. The number of aromatic carboxylic acids is 1. The van der Waals surface area contributed by atoms with E-state index in [2.05, 4.69) is 0 Å². The minimum absolute atomic E-state index is 0.458. The number of carboxylic acid groups (broad SMARTS) is 1. The van der Waals surface area contributed by atoms with Crippen LogP contribution in [0.3, 0.4) is 0 Å². The highest BCUT2D eigenvalue weighted by molar-refractivity contribution is 5.91. The largest absolute Gasteiger partial charge is 0.478 e. The smallest absolute Gasteiger partial charge is 0.336 e. The summed E-state index contributed by atoms with van der Waals surface area (Å²) in [5.41, 5.74) is 2.47. The second-order valence-electron chi connectivity index (χ2n) is 4.68. The zero-order chi connectivity index (χ0) is 11.5. The van der Waals surface area contributed by atoms with Gasteiger partial charge in [-0.15, -0.1) is 0 Å². The van der Waals surface area contributed by atoms with Gasteiger partial charge in [-0.05, 0) is 36.8 Å². The van der Waals surface area contributed by atoms with E-state index in [1.165, 1.54) is 19.3 Å². The quantitative estimate of drug-likeness (QED) is 0.821. The molecule has 0 radical (unpaired) electrons. The van der Waals surface area contributed by atoms with E-state index in [1.807, 2.05) is 25.1 Å². The van der Waals surface area contributed by atoms with Crippen molar-refractivity contribution in [2.45, 2.75) is 44.9 Å². The molecule has 1 saturated carbocycles. The number of hydrogen-bond acceptors (Lipinski definition) is 1. The molecule has 0 amide bonds. The van der Waals surface area contributed by atoms with Crippen LogP contribution in [-0.4, -0.2) is 11.1 Å². The van der Waals surface area contributed by atoms with E-state index in [4.69, 9.17) is 0 Å². The second-order valence-corrected chi connectivity index (χ2v) is 4.68. The van der Waals surface area contributed by atoms with Crippen molar-refractivity contribution in [3.05, 3.63) is 34.9 Å². The second kappa shape index (κ2) is 4.69. The number of rotatable bonds is 2. The van der Waals surface area contributed by atoms with Crippen LogP contribution in [-0.2, 0) is 0 Å². The maximum Gasteiger partial charge on any atom is 0.336 e. The minimum Gasteiger partial charge on any atom is -0.478 e. The van der Waals surface area contributed by atoms with Crippen molar-refractivity contribution in [1.82, 2.24) is 0 Å². The third kappa shape index (κ3) is 2.11. The number of carboxylic acids is 1. The van der Waals surface area contributed by atoms with Crippen LogP contribution < -0.4 is 0 Å². The predicted molar refractivity (Wildman–Crippen MR) is 64.0 cm³/mol. The van der Waals surface area contributed by atoms with Gasteiger partial charge >= 0.3 is 5.97 Å². The molecule has 0 heterocycles. The number of benzene rings is 1. The molecule has 1 aliphatic rings. The molecule has 0 aromatic heterocycles. The fourth-order valence-electron chi connectivity index (χ4n) is 2.74. The summed E-state index contributed by atoms with van der Waals surface area (Å²) in [5.74, 6) is -0.321. The third-order valence-corrected chi connectivity index (χ3v) is 3.56. The Morgan fingerprint density at radius 3 is 2.56 bits per heavy atom. The molecule has 0 atom stereocenters. The van der Waals surface area contributed by atoms with E-state index >= 15 is 0 Å². The standard InChI is InChI=1S/C14H18O2/c1-10-6-5-9-12(13(10)14(15)16)11-7-3-2-4-8-11/h5-6,9,11H,2-4,7-8H2,1H3,(H,15,16). The van der Waals surface area contributed by atoms with Crippen LogP contribution >= 0.6 is 0 Å². The maximum absolute atomic E-state index is 11.3. The van der Waals surface area contributed by atoms with Crippen LogP contribution in [0.4, 0.5) is 0 Å². The highest BCUT2D eigenvalue weighted by atomic mass is 16.4. The van der Waals surface area contributed by atoms with Crippen molar-refractivity contribution in [2.24, 2.45) is 0 Å². The van der Waals surface area contributed by atoms with E-state index in [9.17, 15) is 9.90 Å². The summed E-state index contributed by atoms with van der Waals surface area (Å²) in [4.78, 5) is 11.3. The minimum atomic E-state index is -0.779. The molecule has 0 unspecified atom stereocenters. The Balaban J connectivity index is 2.38. The summed E-state index contributed by atoms with van der Waals surface area (Å²) in [6.45, 7) is 1.88. The molecule has 2 heteroatoms. The lowest BCUT2D eigenvalue weighted by Gasteiger charge is -2.24. The van der Waals surface area contributed by atoms with Crippen LogP contribution in [0, 0.1) is 6.92 Å². The Labute approximate surface area is 96.3 Å². The molecule has 1 aromatic rings. The Morgan fingerprint density at radius 1 is 1.25 bits per heavy atom.